The fourth-order valence-electron chi connectivity index (χ4n) is 3.30. The predicted molar refractivity (Wildman–Crippen MR) is 104 cm³/mol. The van der Waals surface area contributed by atoms with Gasteiger partial charge in [-0.15, -0.1) is 0 Å². The summed E-state index contributed by atoms with van der Waals surface area (Å²) in [6, 6.07) is 12.4. The maximum atomic E-state index is 13.3. The molecule has 1 heterocycles. The average molecular weight is 412 g/mol. The number of hydrogen-bond donors (Lipinski definition) is 1. The summed E-state index contributed by atoms with van der Waals surface area (Å²) in [4.78, 5) is 24.5. The largest absolute Gasteiger partial charge is 0.481 e. The summed E-state index contributed by atoms with van der Waals surface area (Å²) in [7, 11) is -3.48. The quantitative estimate of drug-likeness (QED) is 0.642. The molecule has 8 heteroatoms. The summed E-state index contributed by atoms with van der Waals surface area (Å²) < 4.78 is 34.5. The van der Waals surface area contributed by atoms with Crippen molar-refractivity contribution < 1.29 is 32.6 Å². The Bertz CT molecular complexity index is 1280. The van der Waals surface area contributed by atoms with E-state index < -0.39 is 21.6 Å². The van der Waals surface area contributed by atoms with Crippen LogP contribution >= 0.6 is 0 Å². The lowest BCUT2D eigenvalue weighted by Gasteiger charge is -2.11. The molecular weight excluding hydrogens is 396 g/mol. The van der Waals surface area contributed by atoms with Crippen molar-refractivity contribution in [1.29, 1.82) is 0 Å². The molecule has 0 aromatic heterocycles. The molecule has 1 aliphatic rings. The van der Waals surface area contributed by atoms with Crippen molar-refractivity contribution >= 4 is 32.4 Å². The van der Waals surface area contributed by atoms with Crippen molar-refractivity contribution in [3.8, 4) is 11.5 Å². The van der Waals surface area contributed by atoms with E-state index in [0.717, 1.165) is 6.26 Å². The second-order valence-corrected chi connectivity index (χ2v) is 8.79. The first-order valence-electron chi connectivity index (χ1n) is 8.65. The summed E-state index contributed by atoms with van der Waals surface area (Å²) in [6.07, 6.45) is 0.814. The van der Waals surface area contributed by atoms with Gasteiger partial charge in [-0.1, -0.05) is 18.2 Å². The third kappa shape index (κ3) is 3.66. The lowest BCUT2D eigenvalue weighted by atomic mass is 9.93. The molecule has 4 rings (SSSR count). The van der Waals surface area contributed by atoms with Gasteiger partial charge in [0, 0.05) is 17.4 Å². The maximum absolute atomic E-state index is 13.3. The summed E-state index contributed by atoms with van der Waals surface area (Å²) in [5.41, 5.74) is 0.911. The highest BCUT2D eigenvalue weighted by molar-refractivity contribution is 7.90. The predicted octanol–water partition coefficient (Wildman–Crippen LogP) is 2.83. The molecule has 0 atom stereocenters. The van der Waals surface area contributed by atoms with Crippen LogP contribution in [0, 0.1) is 0 Å². The van der Waals surface area contributed by atoms with Crippen molar-refractivity contribution in [3.05, 3.63) is 65.2 Å². The molecule has 0 amide bonds. The number of benzene rings is 3. The first-order chi connectivity index (χ1) is 13.7. The van der Waals surface area contributed by atoms with Crippen LogP contribution in [0.5, 0.6) is 11.5 Å². The topological polar surface area (TPSA) is 107 Å². The van der Waals surface area contributed by atoms with Crippen LogP contribution < -0.4 is 9.47 Å². The molecular formula is C21H16O7S. The highest BCUT2D eigenvalue weighted by Gasteiger charge is 2.21. The number of fused-ring (bicyclic) bond motifs is 2. The Kier molecular flexibility index (Phi) is 4.50. The van der Waals surface area contributed by atoms with Crippen molar-refractivity contribution in [1.82, 2.24) is 0 Å². The zero-order chi connectivity index (χ0) is 20.8. The van der Waals surface area contributed by atoms with Crippen LogP contribution in [0.2, 0.25) is 0 Å². The van der Waals surface area contributed by atoms with Gasteiger partial charge >= 0.3 is 5.97 Å². The summed E-state index contributed by atoms with van der Waals surface area (Å²) >= 11 is 0. The average Bonchev–Trinajstić information content (AvgIpc) is 3.11. The van der Waals surface area contributed by atoms with E-state index in [4.69, 9.17) is 9.47 Å². The Balaban J connectivity index is 1.91. The molecule has 7 nitrogen and oxygen atoms in total. The number of aliphatic carboxylic acids is 1. The van der Waals surface area contributed by atoms with Crippen molar-refractivity contribution in [2.75, 3.05) is 13.0 Å². The molecule has 0 unspecified atom stereocenters. The lowest BCUT2D eigenvalue weighted by molar-refractivity contribution is -0.136. The minimum atomic E-state index is -3.48. The maximum Gasteiger partial charge on any atom is 0.307 e. The molecule has 3 aromatic carbocycles. The molecule has 1 aliphatic heterocycles. The van der Waals surface area contributed by atoms with Crippen LogP contribution in [0.25, 0.3) is 10.8 Å². The number of ketones is 1. The summed E-state index contributed by atoms with van der Waals surface area (Å²) in [6.45, 7) is 0.0628. The number of carbonyl (C=O) groups is 2. The van der Waals surface area contributed by atoms with Gasteiger partial charge in [0.1, 0.15) is 0 Å². The zero-order valence-electron chi connectivity index (χ0n) is 15.3. The molecule has 0 bridgehead atoms. The number of hydrogen-bond acceptors (Lipinski definition) is 6. The normalized spacial score (nSPS) is 12.9. The van der Waals surface area contributed by atoms with Crippen LogP contribution in [0.4, 0.5) is 0 Å². The molecule has 0 aliphatic carbocycles. The second kappa shape index (κ2) is 6.89. The summed E-state index contributed by atoms with van der Waals surface area (Å²) in [5.74, 6) is -0.431. The molecule has 148 valence electrons. The number of carboxylic acid groups (broad SMARTS) is 1. The number of carboxylic acids is 1. The minimum absolute atomic E-state index is 0.0342. The van der Waals surface area contributed by atoms with E-state index in [-0.39, 0.29) is 29.2 Å². The fraction of sp³-hybridized carbons (Fsp3) is 0.143. The van der Waals surface area contributed by atoms with E-state index in [0.29, 0.717) is 27.8 Å². The fourth-order valence-corrected chi connectivity index (χ4v) is 3.97. The Morgan fingerprint density at radius 2 is 1.76 bits per heavy atom. The molecule has 0 fully saturated rings. The third-order valence-corrected chi connectivity index (χ3v) is 5.74. The van der Waals surface area contributed by atoms with E-state index in [1.807, 2.05) is 0 Å². The van der Waals surface area contributed by atoms with Crippen LogP contribution in [0.15, 0.2) is 53.4 Å². The van der Waals surface area contributed by atoms with Gasteiger partial charge in [0.05, 0.1) is 11.3 Å². The first kappa shape index (κ1) is 18.9. The third-order valence-electron chi connectivity index (χ3n) is 4.63. The summed E-state index contributed by atoms with van der Waals surface area (Å²) in [5, 5.41) is 10.4. The number of rotatable bonds is 5. The molecule has 0 saturated heterocycles. The van der Waals surface area contributed by atoms with E-state index in [1.165, 1.54) is 30.3 Å². The van der Waals surface area contributed by atoms with E-state index in [1.54, 1.807) is 18.2 Å². The van der Waals surface area contributed by atoms with Crippen molar-refractivity contribution in [3.63, 3.8) is 0 Å². The molecule has 0 saturated carbocycles. The Hall–Kier alpha value is -3.39. The standard InChI is InChI=1S/C21H16O7S/c1-29(25,26)15-4-2-3-13(8-15)21(24)17-6-12(7-20(22)23)5-14-9-18-19(10-16(14)17)28-11-27-18/h2-6,8-10H,7,11H2,1H3,(H,22,23). The van der Waals surface area contributed by atoms with Gasteiger partial charge in [-0.25, -0.2) is 8.42 Å². The van der Waals surface area contributed by atoms with Gasteiger partial charge in [0.15, 0.2) is 27.1 Å². The molecule has 0 spiro atoms. The monoisotopic (exact) mass is 412 g/mol. The van der Waals surface area contributed by atoms with Gasteiger partial charge in [0.25, 0.3) is 0 Å². The van der Waals surface area contributed by atoms with E-state index >= 15 is 0 Å². The highest BCUT2D eigenvalue weighted by atomic mass is 32.2. The molecule has 1 N–H and O–H groups in total. The molecule has 29 heavy (non-hydrogen) atoms. The Morgan fingerprint density at radius 1 is 1.03 bits per heavy atom. The van der Waals surface area contributed by atoms with Gasteiger partial charge < -0.3 is 14.6 Å². The van der Waals surface area contributed by atoms with E-state index in [9.17, 15) is 23.1 Å². The van der Waals surface area contributed by atoms with Gasteiger partial charge in [-0.2, -0.15) is 0 Å². The van der Waals surface area contributed by atoms with Crippen LogP contribution in [0.3, 0.4) is 0 Å². The van der Waals surface area contributed by atoms with Gasteiger partial charge in [0.2, 0.25) is 6.79 Å². The van der Waals surface area contributed by atoms with Gasteiger partial charge in [-0.3, -0.25) is 9.59 Å². The van der Waals surface area contributed by atoms with E-state index in [2.05, 4.69) is 0 Å². The highest BCUT2D eigenvalue weighted by Crippen LogP contribution is 2.38. The minimum Gasteiger partial charge on any atom is -0.481 e. The smallest absolute Gasteiger partial charge is 0.307 e. The zero-order valence-corrected chi connectivity index (χ0v) is 16.2. The van der Waals surface area contributed by atoms with Crippen LogP contribution in [0.1, 0.15) is 21.5 Å². The number of ether oxygens (including phenoxy) is 2. The lowest BCUT2D eigenvalue weighted by Crippen LogP contribution is -2.07. The van der Waals surface area contributed by atoms with Crippen molar-refractivity contribution in [2.45, 2.75) is 11.3 Å². The Labute approximate surface area is 166 Å². The van der Waals surface area contributed by atoms with Crippen molar-refractivity contribution in [2.24, 2.45) is 0 Å². The SMILES string of the molecule is CS(=O)(=O)c1cccc(C(=O)c2cc(CC(=O)O)cc3cc4c(cc23)OCO4)c1. The van der Waals surface area contributed by atoms with Crippen LogP contribution in [-0.4, -0.2) is 38.3 Å². The Morgan fingerprint density at radius 3 is 2.45 bits per heavy atom. The van der Waals surface area contributed by atoms with Crippen LogP contribution in [-0.2, 0) is 21.1 Å². The number of sulfone groups is 1. The number of carbonyl (C=O) groups excluding carboxylic acids is 1. The van der Waals surface area contributed by atoms with Gasteiger partial charge in [-0.05, 0) is 46.7 Å². The first-order valence-corrected chi connectivity index (χ1v) is 10.5. The second-order valence-electron chi connectivity index (χ2n) is 6.77. The molecule has 3 aromatic rings. The molecule has 0 radical (unpaired) electrons.